The van der Waals surface area contributed by atoms with E-state index in [0.29, 0.717) is 41.2 Å². The third-order valence-corrected chi connectivity index (χ3v) is 5.25. The highest BCUT2D eigenvalue weighted by Gasteiger charge is 2.24. The van der Waals surface area contributed by atoms with Gasteiger partial charge in [0.05, 0.1) is 18.7 Å². The minimum absolute atomic E-state index is 0.201. The molecule has 5 nitrogen and oxygen atoms in total. The molecule has 0 aliphatic carbocycles. The van der Waals surface area contributed by atoms with Crippen LogP contribution in [0.1, 0.15) is 30.1 Å². The van der Waals surface area contributed by atoms with Gasteiger partial charge in [-0.3, -0.25) is 4.79 Å². The van der Waals surface area contributed by atoms with Gasteiger partial charge in [0.1, 0.15) is 5.82 Å². The van der Waals surface area contributed by atoms with Gasteiger partial charge in [0, 0.05) is 30.9 Å². The van der Waals surface area contributed by atoms with E-state index in [1.165, 1.54) is 19.2 Å². The molecule has 1 aliphatic rings. The molecule has 1 heterocycles. The lowest BCUT2D eigenvalue weighted by atomic mass is 10.1. The summed E-state index contributed by atoms with van der Waals surface area (Å²) in [5.41, 5.74) is 1.43. The molecule has 29 heavy (non-hydrogen) atoms. The summed E-state index contributed by atoms with van der Waals surface area (Å²) >= 11 is 6.30. The molecular weight excluding hydrogens is 395 g/mol. The zero-order valence-corrected chi connectivity index (χ0v) is 17.5. The SMILES string of the molecule is CCCOc1c(Cl)cc(C(=O)NCC2CCN(c3ccc(F)cc3)C2)cc1OC. The van der Waals surface area contributed by atoms with E-state index < -0.39 is 0 Å². The van der Waals surface area contributed by atoms with Gasteiger partial charge in [-0.2, -0.15) is 0 Å². The Balaban J connectivity index is 1.58. The summed E-state index contributed by atoms with van der Waals surface area (Å²) in [7, 11) is 1.52. The Labute approximate surface area is 175 Å². The summed E-state index contributed by atoms with van der Waals surface area (Å²) in [6.45, 7) is 4.79. The summed E-state index contributed by atoms with van der Waals surface area (Å²) in [4.78, 5) is 14.8. The van der Waals surface area contributed by atoms with Crippen molar-refractivity contribution in [2.24, 2.45) is 5.92 Å². The first-order chi connectivity index (χ1) is 14.0. The smallest absolute Gasteiger partial charge is 0.251 e. The standard InChI is InChI=1S/C22H26ClFN2O3/c1-3-10-29-21-19(23)11-16(12-20(21)28-2)22(27)25-13-15-8-9-26(14-15)18-6-4-17(24)5-7-18/h4-7,11-12,15H,3,8-10,13-14H2,1-2H3,(H,25,27). The summed E-state index contributed by atoms with van der Waals surface area (Å²) in [5, 5.41) is 3.34. The van der Waals surface area contributed by atoms with Crippen molar-refractivity contribution in [3.8, 4) is 11.5 Å². The van der Waals surface area contributed by atoms with Crippen LogP contribution in [0.15, 0.2) is 36.4 Å². The van der Waals surface area contributed by atoms with Crippen molar-refractivity contribution in [1.29, 1.82) is 0 Å². The van der Waals surface area contributed by atoms with Crippen LogP contribution in [0.4, 0.5) is 10.1 Å². The topological polar surface area (TPSA) is 50.8 Å². The Morgan fingerprint density at radius 2 is 2.07 bits per heavy atom. The lowest BCUT2D eigenvalue weighted by Crippen LogP contribution is -2.31. The van der Waals surface area contributed by atoms with Gasteiger partial charge in [0.25, 0.3) is 5.91 Å². The molecule has 3 rings (SSSR count). The molecule has 0 spiro atoms. The highest BCUT2D eigenvalue weighted by atomic mass is 35.5. The molecule has 1 atom stereocenters. The van der Waals surface area contributed by atoms with E-state index in [1.54, 1.807) is 24.3 Å². The van der Waals surface area contributed by atoms with Crippen molar-refractivity contribution in [3.63, 3.8) is 0 Å². The number of methoxy groups -OCH3 is 1. The van der Waals surface area contributed by atoms with E-state index in [2.05, 4.69) is 10.2 Å². The molecule has 1 fully saturated rings. The van der Waals surface area contributed by atoms with Crippen molar-refractivity contribution in [1.82, 2.24) is 5.32 Å². The predicted molar refractivity (Wildman–Crippen MR) is 113 cm³/mol. The Bertz CT molecular complexity index is 845. The molecule has 2 aromatic rings. The monoisotopic (exact) mass is 420 g/mol. The summed E-state index contributed by atoms with van der Waals surface area (Å²) in [5.74, 6) is 0.788. The molecule has 1 saturated heterocycles. The molecule has 2 aromatic carbocycles. The summed E-state index contributed by atoms with van der Waals surface area (Å²) in [6.07, 6.45) is 1.81. The second kappa shape index (κ2) is 9.83. The van der Waals surface area contributed by atoms with Crippen molar-refractivity contribution >= 4 is 23.2 Å². The molecule has 7 heteroatoms. The van der Waals surface area contributed by atoms with E-state index in [9.17, 15) is 9.18 Å². The van der Waals surface area contributed by atoms with Crippen LogP contribution in [-0.4, -0.2) is 39.3 Å². The molecular formula is C22H26ClFN2O3. The number of nitrogens with zero attached hydrogens (tertiary/aromatic N) is 1. The number of halogens is 2. The molecule has 1 N–H and O–H groups in total. The molecule has 1 amide bonds. The van der Waals surface area contributed by atoms with Gasteiger partial charge in [0.2, 0.25) is 0 Å². The first-order valence-corrected chi connectivity index (χ1v) is 10.2. The number of rotatable bonds is 8. The highest BCUT2D eigenvalue weighted by molar-refractivity contribution is 6.32. The lowest BCUT2D eigenvalue weighted by molar-refractivity contribution is 0.0948. The minimum atomic E-state index is -0.239. The maximum atomic E-state index is 13.1. The number of hydrogen-bond donors (Lipinski definition) is 1. The molecule has 0 radical (unpaired) electrons. The third kappa shape index (κ3) is 5.32. The molecule has 0 saturated carbocycles. The quantitative estimate of drug-likeness (QED) is 0.681. The second-order valence-electron chi connectivity index (χ2n) is 7.13. The van der Waals surface area contributed by atoms with Crippen molar-refractivity contribution in [2.45, 2.75) is 19.8 Å². The maximum Gasteiger partial charge on any atom is 0.251 e. The van der Waals surface area contributed by atoms with Crippen LogP contribution in [0.2, 0.25) is 5.02 Å². The molecule has 156 valence electrons. The lowest BCUT2D eigenvalue weighted by Gasteiger charge is -2.19. The number of ether oxygens (including phenoxy) is 2. The van der Waals surface area contributed by atoms with Gasteiger partial charge >= 0.3 is 0 Å². The average molecular weight is 421 g/mol. The first-order valence-electron chi connectivity index (χ1n) is 9.80. The molecule has 0 aromatic heterocycles. The minimum Gasteiger partial charge on any atom is -0.493 e. The molecule has 0 bridgehead atoms. The van der Waals surface area contributed by atoms with Crippen LogP contribution in [0, 0.1) is 11.7 Å². The number of carbonyl (C=O) groups is 1. The Morgan fingerprint density at radius 3 is 2.76 bits per heavy atom. The molecule has 1 aliphatic heterocycles. The van der Waals surface area contributed by atoms with E-state index in [1.807, 2.05) is 6.92 Å². The van der Waals surface area contributed by atoms with Crippen LogP contribution >= 0.6 is 11.6 Å². The largest absolute Gasteiger partial charge is 0.493 e. The van der Waals surface area contributed by atoms with Crippen LogP contribution in [0.3, 0.4) is 0 Å². The normalized spacial score (nSPS) is 16.0. The van der Waals surface area contributed by atoms with Crippen LogP contribution in [-0.2, 0) is 0 Å². The van der Waals surface area contributed by atoms with Gasteiger partial charge in [0.15, 0.2) is 11.5 Å². The van der Waals surface area contributed by atoms with Gasteiger partial charge in [-0.05, 0) is 55.2 Å². The summed E-state index contributed by atoms with van der Waals surface area (Å²) < 4.78 is 24.1. The van der Waals surface area contributed by atoms with Crippen LogP contribution < -0.4 is 19.7 Å². The number of amides is 1. The van der Waals surface area contributed by atoms with E-state index in [0.717, 1.165) is 31.6 Å². The zero-order chi connectivity index (χ0) is 20.8. The third-order valence-electron chi connectivity index (χ3n) is 4.97. The van der Waals surface area contributed by atoms with Gasteiger partial charge in [-0.25, -0.2) is 4.39 Å². The van der Waals surface area contributed by atoms with Crippen molar-refractivity contribution in [2.75, 3.05) is 38.3 Å². The Kier molecular flexibility index (Phi) is 7.20. The highest BCUT2D eigenvalue weighted by Crippen LogP contribution is 2.36. The Morgan fingerprint density at radius 1 is 1.31 bits per heavy atom. The van der Waals surface area contributed by atoms with Crippen molar-refractivity contribution in [3.05, 3.63) is 52.8 Å². The van der Waals surface area contributed by atoms with E-state index in [-0.39, 0.29) is 11.7 Å². The maximum absolute atomic E-state index is 13.1. The second-order valence-corrected chi connectivity index (χ2v) is 7.53. The zero-order valence-electron chi connectivity index (χ0n) is 16.7. The average Bonchev–Trinajstić information content (AvgIpc) is 3.20. The molecule has 1 unspecified atom stereocenters. The van der Waals surface area contributed by atoms with Gasteiger partial charge in [-0.15, -0.1) is 0 Å². The number of anilines is 1. The summed E-state index contributed by atoms with van der Waals surface area (Å²) in [6, 6.07) is 9.75. The number of hydrogen-bond acceptors (Lipinski definition) is 4. The van der Waals surface area contributed by atoms with E-state index in [4.69, 9.17) is 21.1 Å². The fraction of sp³-hybridized carbons (Fsp3) is 0.409. The van der Waals surface area contributed by atoms with Crippen LogP contribution in [0.25, 0.3) is 0 Å². The van der Waals surface area contributed by atoms with Gasteiger partial charge in [-0.1, -0.05) is 18.5 Å². The fourth-order valence-corrected chi connectivity index (χ4v) is 3.69. The number of benzene rings is 2. The van der Waals surface area contributed by atoms with Gasteiger partial charge < -0.3 is 19.7 Å². The Hall–Kier alpha value is -2.47. The number of carbonyl (C=O) groups excluding carboxylic acids is 1. The first kappa shape index (κ1) is 21.2. The van der Waals surface area contributed by atoms with E-state index >= 15 is 0 Å². The predicted octanol–water partition coefficient (Wildman–Crippen LogP) is 4.53. The fourth-order valence-electron chi connectivity index (χ4n) is 3.42. The number of nitrogens with one attached hydrogen (secondary N) is 1. The van der Waals surface area contributed by atoms with Crippen LogP contribution in [0.5, 0.6) is 11.5 Å². The van der Waals surface area contributed by atoms with Crippen molar-refractivity contribution < 1.29 is 18.7 Å².